The number of ether oxygens (including phenoxy) is 3. The SMILES string of the molecule is O=S(=O)(OC(c1ccc2ccccc2c1)S(=O)(=O)[O-])c1c(C2CC3CCC2O3)cc(C2CC3CCC2O3)cc1C1CC2CCC1O2. The van der Waals surface area contributed by atoms with Crippen molar-refractivity contribution in [1.82, 2.24) is 0 Å². The zero-order valence-electron chi connectivity index (χ0n) is 25.3. The van der Waals surface area contributed by atoms with Crippen LogP contribution >= 0.6 is 0 Å². The summed E-state index contributed by atoms with van der Waals surface area (Å²) in [7, 11) is -10.0. The van der Waals surface area contributed by atoms with Crippen molar-refractivity contribution in [3.63, 3.8) is 0 Å². The molecule has 0 aromatic heterocycles. The Hall–Kier alpha value is -2.38. The van der Waals surface area contributed by atoms with Crippen molar-refractivity contribution in [1.29, 1.82) is 0 Å². The molecule has 6 saturated heterocycles. The normalized spacial score (nSPS) is 35.5. The van der Waals surface area contributed by atoms with Crippen molar-refractivity contribution in [3.8, 4) is 0 Å². The van der Waals surface area contributed by atoms with Gasteiger partial charge in [0.05, 0.1) is 36.6 Å². The zero-order chi connectivity index (χ0) is 31.4. The van der Waals surface area contributed by atoms with E-state index in [1.165, 1.54) is 12.1 Å². The molecule has 6 bridgehead atoms. The van der Waals surface area contributed by atoms with Crippen LogP contribution in [0.3, 0.4) is 0 Å². The van der Waals surface area contributed by atoms with Crippen LogP contribution in [-0.2, 0) is 38.6 Å². The van der Waals surface area contributed by atoms with E-state index in [9.17, 15) is 21.4 Å². The van der Waals surface area contributed by atoms with E-state index in [1.807, 2.05) is 24.3 Å². The predicted molar refractivity (Wildman–Crippen MR) is 167 cm³/mol. The van der Waals surface area contributed by atoms with E-state index >= 15 is 0 Å². The number of fused-ring (bicyclic) bond motifs is 7. The minimum absolute atomic E-state index is 0.00272. The molecule has 9 nitrogen and oxygen atoms in total. The van der Waals surface area contributed by atoms with E-state index < -0.39 is 25.7 Å². The Morgan fingerprint density at radius 1 is 0.652 bits per heavy atom. The molecule has 0 saturated carbocycles. The van der Waals surface area contributed by atoms with E-state index in [2.05, 4.69) is 0 Å². The van der Waals surface area contributed by atoms with Crippen molar-refractivity contribution in [2.75, 3.05) is 0 Å². The lowest BCUT2D eigenvalue weighted by Crippen LogP contribution is -2.27. The molecule has 3 aromatic carbocycles. The predicted octanol–water partition coefficient (Wildman–Crippen LogP) is 5.89. The number of hydrogen-bond donors (Lipinski definition) is 0. The van der Waals surface area contributed by atoms with Crippen molar-refractivity contribution in [2.45, 2.75) is 122 Å². The summed E-state index contributed by atoms with van der Waals surface area (Å²) >= 11 is 0. The Morgan fingerprint density at radius 2 is 1.17 bits per heavy atom. The second-order valence-electron chi connectivity index (χ2n) is 14.2. The Bertz CT molecular complexity index is 1880. The highest BCUT2D eigenvalue weighted by Gasteiger charge is 2.49. The first-order chi connectivity index (χ1) is 22.1. The molecule has 10 atom stereocenters. The largest absolute Gasteiger partial charge is 0.746 e. The molecule has 9 rings (SSSR count). The molecular formula is C35H37O9S2-. The summed E-state index contributed by atoms with van der Waals surface area (Å²) in [6, 6.07) is 15.9. The summed E-state index contributed by atoms with van der Waals surface area (Å²) in [4.78, 5) is -0.00272. The standard InChI is InChI=1S/C35H38O9S2/c36-45(37,38)35(21-6-5-19-3-1-2-4-20(19)13-21)44-46(39,40)34-29(27-17-24-8-11-32(27)42-24)14-22(26-16-23-7-10-31(26)41-23)15-30(34)28-18-25-9-12-33(28)43-25/h1-6,13-15,23-28,31-33,35H,7-12,16-18H2,(H,36,37,38)/p-1. The van der Waals surface area contributed by atoms with Crippen molar-refractivity contribution in [3.05, 3.63) is 76.9 Å². The summed E-state index contributed by atoms with van der Waals surface area (Å²) < 4.78 is 92.2. The van der Waals surface area contributed by atoms with Gasteiger partial charge in [-0.05, 0) is 96.9 Å². The third kappa shape index (κ3) is 4.96. The molecule has 10 unspecified atom stereocenters. The van der Waals surface area contributed by atoms with E-state index in [0.29, 0.717) is 29.4 Å². The molecule has 6 heterocycles. The van der Waals surface area contributed by atoms with Gasteiger partial charge in [-0.3, -0.25) is 0 Å². The molecule has 0 N–H and O–H groups in total. The molecule has 6 aliphatic heterocycles. The van der Waals surface area contributed by atoms with Crippen LogP contribution in [0.4, 0.5) is 0 Å². The first-order valence-corrected chi connectivity index (χ1v) is 19.5. The van der Waals surface area contributed by atoms with Gasteiger partial charge in [-0.15, -0.1) is 0 Å². The van der Waals surface area contributed by atoms with Crippen molar-refractivity contribution >= 4 is 31.0 Å². The maximum Gasteiger partial charge on any atom is 0.299 e. The molecule has 0 radical (unpaired) electrons. The fourth-order valence-corrected chi connectivity index (χ4v) is 12.1. The third-order valence-corrected chi connectivity index (χ3v) is 13.9. The smallest absolute Gasteiger partial charge is 0.299 e. The highest BCUT2D eigenvalue weighted by Crippen LogP contribution is 2.54. The Morgan fingerprint density at radius 3 is 1.65 bits per heavy atom. The van der Waals surface area contributed by atoms with Gasteiger partial charge < -0.3 is 18.8 Å². The minimum atomic E-state index is -5.25. The Kier molecular flexibility index (Phi) is 6.99. The molecule has 6 fully saturated rings. The second kappa shape index (κ2) is 10.8. The molecule has 0 aliphatic carbocycles. The van der Waals surface area contributed by atoms with Gasteiger partial charge >= 0.3 is 0 Å². The second-order valence-corrected chi connectivity index (χ2v) is 17.1. The van der Waals surface area contributed by atoms with Gasteiger partial charge in [0, 0.05) is 17.8 Å². The zero-order valence-corrected chi connectivity index (χ0v) is 27.0. The lowest BCUT2D eigenvalue weighted by molar-refractivity contribution is 0.0995. The minimum Gasteiger partial charge on any atom is -0.746 e. The summed E-state index contributed by atoms with van der Waals surface area (Å²) in [5, 5.41) is 1.50. The van der Waals surface area contributed by atoms with E-state index in [-0.39, 0.29) is 64.8 Å². The third-order valence-electron chi connectivity index (χ3n) is 11.5. The van der Waals surface area contributed by atoms with Crippen LogP contribution in [0.25, 0.3) is 10.8 Å². The monoisotopic (exact) mass is 665 g/mol. The molecule has 0 spiro atoms. The van der Waals surface area contributed by atoms with Crippen LogP contribution in [0.2, 0.25) is 0 Å². The molecular weight excluding hydrogens is 629 g/mol. The average molecular weight is 666 g/mol. The summed E-state index contributed by atoms with van der Waals surface area (Å²) in [5.41, 5.74) is 0.0254. The number of benzene rings is 3. The lowest BCUT2D eigenvalue weighted by Gasteiger charge is -2.31. The molecule has 46 heavy (non-hydrogen) atoms. The van der Waals surface area contributed by atoms with Gasteiger partial charge in [0.25, 0.3) is 10.1 Å². The van der Waals surface area contributed by atoms with E-state index in [0.717, 1.165) is 55.9 Å². The fraction of sp³-hybridized carbons (Fsp3) is 0.543. The van der Waals surface area contributed by atoms with Gasteiger partial charge in [0.15, 0.2) is 5.44 Å². The molecule has 244 valence electrons. The Balaban J connectivity index is 1.20. The van der Waals surface area contributed by atoms with Crippen LogP contribution in [0, 0.1) is 0 Å². The average Bonchev–Trinajstić information content (AvgIpc) is 3.91. The molecule has 11 heteroatoms. The fourth-order valence-electron chi connectivity index (χ4n) is 9.46. The first kappa shape index (κ1) is 29.7. The highest BCUT2D eigenvalue weighted by molar-refractivity contribution is 7.89. The lowest BCUT2D eigenvalue weighted by atomic mass is 9.76. The summed E-state index contributed by atoms with van der Waals surface area (Å²) in [5.74, 6) is -0.221. The first-order valence-electron chi connectivity index (χ1n) is 16.6. The van der Waals surface area contributed by atoms with Gasteiger partial charge in [0.2, 0.25) is 0 Å². The topological polar surface area (TPSA) is 128 Å². The van der Waals surface area contributed by atoms with Gasteiger partial charge in [0.1, 0.15) is 15.0 Å². The maximum atomic E-state index is 14.7. The quantitative estimate of drug-likeness (QED) is 0.214. The molecule has 6 aliphatic rings. The maximum absolute atomic E-state index is 14.7. The van der Waals surface area contributed by atoms with Crippen LogP contribution in [0.15, 0.2) is 59.5 Å². The molecule has 3 aromatic rings. The van der Waals surface area contributed by atoms with Gasteiger partial charge in [-0.25, -0.2) is 12.6 Å². The number of hydrogen-bond acceptors (Lipinski definition) is 9. The number of rotatable bonds is 8. The van der Waals surface area contributed by atoms with Crippen LogP contribution < -0.4 is 0 Å². The van der Waals surface area contributed by atoms with Gasteiger partial charge in [-0.2, -0.15) is 8.42 Å². The summed E-state index contributed by atoms with van der Waals surface area (Å²) in [6.45, 7) is 0. The highest BCUT2D eigenvalue weighted by atomic mass is 32.2. The van der Waals surface area contributed by atoms with E-state index in [1.54, 1.807) is 18.2 Å². The van der Waals surface area contributed by atoms with Crippen molar-refractivity contribution in [2.24, 2.45) is 0 Å². The van der Waals surface area contributed by atoms with Crippen LogP contribution in [-0.4, -0.2) is 58.0 Å². The van der Waals surface area contributed by atoms with E-state index in [4.69, 9.17) is 18.4 Å². The van der Waals surface area contributed by atoms with Crippen molar-refractivity contribution < 1.29 is 39.8 Å². The van der Waals surface area contributed by atoms with Gasteiger partial charge in [-0.1, -0.05) is 48.5 Å². The molecule has 0 amide bonds. The van der Waals surface area contributed by atoms with Crippen LogP contribution in [0.5, 0.6) is 0 Å². The summed E-state index contributed by atoms with van der Waals surface area (Å²) in [6.07, 6.45) is 7.99. The Labute approximate surface area is 269 Å². The van der Waals surface area contributed by atoms with Crippen LogP contribution in [0.1, 0.15) is 103 Å².